The number of aliphatic hydroxyl groups excluding tert-OH is 24. The molecule has 16 unspecified atom stereocenters. The summed E-state index contributed by atoms with van der Waals surface area (Å²) in [5.74, 6) is 0. The zero-order valence-electron chi connectivity index (χ0n) is 46.0. The molecule has 0 saturated carbocycles. The van der Waals surface area contributed by atoms with Gasteiger partial charge in [-0.2, -0.15) is 0 Å². The van der Waals surface area contributed by atoms with Crippen molar-refractivity contribution < 1.29 is 198 Å². The molecule has 0 spiro atoms. The first kappa shape index (κ1) is 70.7. The van der Waals surface area contributed by atoms with Gasteiger partial charge in [0.1, 0.15) is 195 Å². The van der Waals surface area contributed by atoms with E-state index in [1.165, 1.54) is 0 Å². The molecular weight excluding hydrogens is 1220 g/mol. The van der Waals surface area contributed by atoms with Crippen LogP contribution in [0.25, 0.3) is 0 Å². The van der Waals surface area contributed by atoms with Crippen molar-refractivity contribution in [2.45, 2.75) is 246 Å². The van der Waals surface area contributed by atoms with Gasteiger partial charge in [0.2, 0.25) is 0 Å². The fourth-order valence-electron chi connectivity index (χ4n) is 11.9. The van der Waals surface area contributed by atoms with Crippen LogP contribution in [0.15, 0.2) is 0 Å². The minimum absolute atomic E-state index is 1.08. The maximum atomic E-state index is 11.4. The largest absolute Gasteiger partial charge is 0.394 e. The van der Waals surface area contributed by atoms with Crippen LogP contribution in [0.2, 0.25) is 0 Å². The SMILES string of the molecule is OCC1O[C@@H]2OC3C(CO)O[C@@H](OC4C(CO)O[C@@H](OC5C(CO)O[C@H](OC6C(CO)O[C@@H](OC7C(CO)O[C@@H](OC8C(CO)O[C@@H](OC9C(CO)O[C@H](OC1[C@H](O)[C@@H]2O)[C@@H](O)[C@H]9O)[C@@H](O)[C@H]8O)[C@@H](O)[C@H]7O)[C@@H](O)[C@H]6O)[C@@H](O)[C@H]5O)[C@@H](O)[C@H]4O)[C@@H](O)[C@H]3O. The van der Waals surface area contributed by atoms with Gasteiger partial charge in [0, 0.05) is 0 Å². The lowest BCUT2D eigenvalue weighted by Gasteiger charge is -2.50. The molecule has 30 heterocycles. The van der Waals surface area contributed by atoms with Crippen LogP contribution < -0.4 is 0 Å². The van der Waals surface area contributed by atoms with Gasteiger partial charge in [0.25, 0.3) is 0 Å². The molecule has 30 fully saturated rings. The first-order valence-electron chi connectivity index (χ1n) is 28.1. The molecule has 0 amide bonds. The molecule has 16 bridgehead atoms. The van der Waals surface area contributed by atoms with Crippen LogP contribution in [0.3, 0.4) is 0 Å². The summed E-state index contributed by atoms with van der Waals surface area (Å²) in [6, 6.07) is 0. The van der Waals surface area contributed by atoms with Gasteiger partial charge in [-0.15, -0.1) is 0 Å². The van der Waals surface area contributed by atoms with Crippen molar-refractivity contribution in [1.82, 2.24) is 0 Å². The Bertz CT molecular complexity index is 1700. The third kappa shape index (κ3) is 13.8. The van der Waals surface area contributed by atoms with Crippen LogP contribution in [0, 0.1) is 0 Å². The van der Waals surface area contributed by atoms with Crippen molar-refractivity contribution in [2.75, 3.05) is 52.9 Å². The van der Waals surface area contributed by atoms with E-state index in [2.05, 4.69) is 0 Å². The quantitative estimate of drug-likeness (QED) is 0.107. The lowest BCUT2D eigenvalue weighted by Crippen LogP contribution is -2.69. The first-order valence-corrected chi connectivity index (χ1v) is 28.1. The van der Waals surface area contributed by atoms with E-state index in [1.807, 2.05) is 0 Å². The minimum atomic E-state index is -2.25. The molecule has 40 nitrogen and oxygen atoms in total. The molecule has 30 aliphatic heterocycles. The van der Waals surface area contributed by atoms with Crippen LogP contribution in [0.5, 0.6) is 0 Å². The number of aliphatic hydroxyl groups is 24. The van der Waals surface area contributed by atoms with Crippen LogP contribution in [0.4, 0.5) is 0 Å². The number of hydrogen-bond donors (Lipinski definition) is 24. The predicted octanol–water partition coefficient (Wildman–Crippen LogP) is -17.4. The fraction of sp³-hybridized carbons (Fsp3) is 1.00. The summed E-state index contributed by atoms with van der Waals surface area (Å²) in [5.41, 5.74) is 0. The van der Waals surface area contributed by atoms with Crippen LogP contribution in [-0.4, -0.2) is 421 Å². The van der Waals surface area contributed by atoms with Crippen molar-refractivity contribution in [1.29, 1.82) is 0 Å². The number of ether oxygens (including phenoxy) is 16. The van der Waals surface area contributed by atoms with E-state index in [4.69, 9.17) is 75.8 Å². The van der Waals surface area contributed by atoms with Gasteiger partial charge in [0.15, 0.2) is 50.3 Å². The van der Waals surface area contributed by atoms with Crippen LogP contribution in [0.1, 0.15) is 0 Å². The normalized spacial score (nSPS) is 55.4. The van der Waals surface area contributed by atoms with E-state index >= 15 is 0 Å². The van der Waals surface area contributed by atoms with Gasteiger partial charge in [-0.1, -0.05) is 0 Å². The summed E-state index contributed by atoms with van der Waals surface area (Å²) in [4.78, 5) is 0. The smallest absolute Gasteiger partial charge is 0.187 e. The van der Waals surface area contributed by atoms with Crippen molar-refractivity contribution in [2.24, 2.45) is 0 Å². The van der Waals surface area contributed by atoms with E-state index in [0.29, 0.717) is 0 Å². The molecule has 512 valence electrons. The number of rotatable bonds is 8. The highest BCUT2D eigenvalue weighted by atomic mass is 16.8. The first-order chi connectivity index (χ1) is 41.9. The number of hydrogen-bond acceptors (Lipinski definition) is 40. The minimum Gasteiger partial charge on any atom is -0.394 e. The average Bonchev–Trinajstić information content (AvgIpc) is 0.985. The summed E-state index contributed by atoms with van der Waals surface area (Å²) in [7, 11) is 0. The maximum Gasteiger partial charge on any atom is 0.187 e. The second kappa shape index (κ2) is 30.0. The Labute approximate surface area is 496 Å². The Balaban J connectivity index is 0.975. The highest BCUT2D eigenvalue weighted by Crippen LogP contribution is 2.40. The molecule has 24 N–H and O–H groups in total. The topological polar surface area (TPSA) is 633 Å². The molecule has 30 rings (SSSR count). The van der Waals surface area contributed by atoms with Crippen molar-refractivity contribution >= 4 is 0 Å². The summed E-state index contributed by atoms with van der Waals surface area (Å²) < 4.78 is 91.1. The van der Waals surface area contributed by atoms with E-state index < -0.39 is 299 Å². The Kier molecular flexibility index (Phi) is 24.1. The summed E-state index contributed by atoms with van der Waals surface area (Å²) in [6.45, 7) is -8.64. The molecular formula is C48H80O40. The molecule has 88 heavy (non-hydrogen) atoms. The average molecular weight is 1300 g/mol. The molecule has 0 aromatic rings. The van der Waals surface area contributed by atoms with Crippen LogP contribution in [-0.2, 0) is 75.8 Å². The van der Waals surface area contributed by atoms with Gasteiger partial charge >= 0.3 is 0 Å². The lowest BCUT2D eigenvalue weighted by molar-refractivity contribution is -0.404. The van der Waals surface area contributed by atoms with Gasteiger partial charge in [-0.25, -0.2) is 0 Å². The third-order valence-electron chi connectivity index (χ3n) is 16.9. The predicted molar refractivity (Wildman–Crippen MR) is 261 cm³/mol. The second-order valence-corrected chi connectivity index (χ2v) is 22.5. The molecule has 0 aromatic carbocycles. The lowest BCUT2D eigenvalue weighted by atomic mass is 9.94. The Morgan fingerprint density at radius 3 is 0.307 bits per heavy atom. The van der Waals surface area contributed by atoms with Crippen molar-refractivity contribution in [3.8, 4) is 0 Å². The molecule has 0 aromatic heterocycles. The standard InChI is InChI=1S/C48H80O40/c49-1-9-33-17(57)25(65)41(73-9)82-34-10(2-50)75-43(27(67)19(34)59)84-36-12(4-52)77-45(29(69)21(36)61)86-38-14(6-54)79-47(31(71)23(38)63)88-40-16(8-56)80-48(32(72)24(40)64)87-39-15(7-55)78-46(30(70)22(39)62)85-37-13(5-53)76-44(28(68)20(37)60)83-35-11(3-51)74-42(81-33)26(66)18(35)58/h9-72H,1-8H2/t9?,10?,11?,12?,13?,14?,15?,16?,17-,18-,19-,20-,21-,22-,23-,24-,25+,26+,27+,28+,29+,30+,31+,32+,33?,34?,35?,36?,37?,38?,39?,40?,41-,42-,43+,44+,45+,46+,47-,48+/m1/s1. The van der Waals surface area contributed by atoms with E-state index in [9.17, 15) is 123 Å². The van der Waals surface area contributed by atoms with Crippen molar-refractivity contribution in [3.63, 3.8) is 0 Å². The zero-order valence-corrected chi connectivity index (χ0v) is 46.0. The monoisotopic (exact) mass is 1300 g/mol. The zero-order chi connectivity index (χ0) is 64.1. The highest BCUT2D eigenvalue weighted by Gasteiger charge is 2.60. The summed E-state index contributed by atoms with van der Waals surface area (Å²) in [5, 5.41) is 265. The van der Waals surface area contributed by atoms with Gasteiger partial charge in [0.05, 0.1) is 52.9 Å². The van der Waals surface area contributed by atoms with Crippen LogP contribution >= 0.6 is 0 Å². The van der Waals surface area contributed by atoms with Crippen molar-refractivity contribution in [3.05, 3.63) is 0 Å². The van der Waals surface area contributed by atoms with E-state index in [1.54, 1.807) is 0 Å². The Hall–Kier alpha value is -1.60. The van der Waals surface area contributed by atoms with E-state index in [0.717, 1.165) is 0 Å². The third-order valence-corrected chi connectivity index (χ3v) is 16.9. The fourth-order valence-corrected chi connectivity index (χ4v) is 11.9. The Morgan fingerprint density at radius 2 is 0.227 bits per heavy atom. The summed E-state index contributed by atoms with van der Waals surface area (Å²) in [6.07, 6.45) is -82.0. The highest BCUT2D eigenvalue weighted by molar-refractivity contribution is 5.02. The molecule has 30 saturated heterocycles. The second-order valence-electron chi connectivity index (χ2n) is 22.5. The molecule has 30 aliphatic rings. The molecule has 40 heteroatoms. The maximum absolute atomic E-state index is 11.4. The van der Waals surface area contributed by atoms with Gasteiger partial charge < -0.3 is 198 Å². The molecule has 0 radical (unpaired) electrons. The van der Waals surface area contributed by atoms with E-state index in [-0.39, 0.29) is 0 Å². The van der Waals surface area contributed by atoms with Gasteiger partial charge in [-0.05, 0) is 0 Å². The molecule has 40 atom stereocenters. The summed E-state index contributed by atoms with van der Waals surface area (Å²) >= 11 is 0. The van der Waals surface area contributed by atoms with Gasteiger partial charge in [-0.3, -0.25) is 0 Å². The Morgan fingerprint density at radius 1 is 0.136 bits per heavy atom. The molecule has 0 aliphatic carbocycles.